The first-order chi connectivity index (χ1) is 11.8. The smallest absolute Gasteiger partial charge is 0.228 e. The van der Waals surface area contributed by atoms with E-state index in [-0.39, 0.29) is 11.8 Å². The Morgan fingerprint density at radius 1 is 1.04 bits per heavy atom. The molecule has 0 radical (unpaired) electrons. The third-order valence-electron chi connectivity index (χ3n) is 4.58. The van der Waals surface area contributed by atoms with Gasteiger partial charge in [0.15, 0.2) is 0 Å². The van der Waals surface area contributed by atoms with Crippen molar-refractivity contribution in [1.29, 1.82) is 0 Å². The van der Waals surface area contributed by atoms with Crippen molar-refractivity contribution >= 4 is 17.4 Å². The topological polar surface area (TPSA) is 54.0 Å². The lowest BCUT2D eigenvalue weighted by Crippen LogP contribution is -2.25. The van der Waals surface area contributed by atoms with Crippen LogP contribution in [0.25, 0.3) is 0 Å². The number of anilines is 2. The second-order valence-electron chi connectivity index (χ2n) is 6.42. The number of nitrogens with zero attached hydrogens (tertiary/aromatic N) is 1. The predicted molar refractivity (Wildman–Crippen MR) is 98.1 cm³/mol. The molecule has 1 aliphatic carbocycles. The fraction of sp³-hybridized carbons (Fsp3) is 0.400. The van der Waals surface area contributed by atoms with Gasteiger partial charge in [-0.25, -0.2) is 4.98 Å². The molecule has 4 nitrogen and oxygen atoms in total. The molecule has 0 atom stereocenters. The Labute approximate surface area is 143 Å². The zero-order chi connectivity index (χ0) is 16.6. The molecule has 3 rings (SSSR count). The number of hydrogen-bond acceptors (Lipinski definition) is 3. The van der Waals surface area contributed by atoms with Gasteiger partial charge in [-0.1, -0.05) is 49.6 Å². The number of rotatable bonds is 6. The fourth-order valence-corrected chi connectivity index (χ4v) is 3.16. The van der Waals surface area contributed by atoms with Gasteiger partial charge in [0, 0.05) is 12.5 Å². The van der Waals surface area contributed by atoms with Crippen LogP contribution in [0.15, 0.2) is 48.7 Å². The van der Waals surface area contributed by atoms with Gasteiger partial charge in [-0.15, -0.1) is 0 Å². The Kier molecular flexibility index (Phi) is 5.83. The standard InChI is InChI=1S/C20H25N3O/c24-20(17-9-5-2-6-10-17)23-19-12-11-18(15-22-19)21-14-13-16-7-3-1-4-8-16/h1,3-4,7-8,11-12,15,17,21H,2,5-6,9-10,13-14H2,(H,22,23,24). The van der Waals surface area contributed by atoms with Gasteiger partial charge in [0.05, 0.1) is 11.9 Å². The maximum Gasteiger partial charge on any atom is 0.228 e. The zero-order valence-electron chi connectivity index (χ0n) is 14.0. The van der Waals surface area contributed by atoms with E-state index < -0.39 is 0 Å². The zero-order valence-corrected chi connectivity index (χ0v) is 14.0. The second-order valence-corrected chi connectivity index (χ2v) is 6.42. The van der Waals surface area contributed by atoms with Crippen LogP contribution in [0.1, 0.15) is 37.7 Å². The van der Waals surface area contributed by atoms with Crippen molar-refractivity contribution < 1.29 is 4.79 Å². The number of aromatic nitrogens is 1. The minimum atomic E-state index is 0.118. The van der Waals surface area contributed by atoms with Crippen molar-refractivity contribution in [3.05, 3.63) is 54.2 Å². The van der Waals surface area contributed by atoms with E-state index in [4.69, 9.17) is 0 Å². The van der Waals surface area contributed by atoms with Gasteiger partial charge in [0.25, 0.3) is 0 Å². The maximum absolute atomic E-state index is 12.2. The van der Waals surface area contributed by atoms with Crippen molar-refractivity contribution in [2.24, 2.45) is 5.92 Å². The van der Waals surface area contributed by atoms with Crippen molar-refractivity contribution in [3.8, 4) is 0 Å². The lowest BCUT2D eigenvalue weighted by atomic mass is 9.89. The van der Waals surface area contributed by atoms with Crippen molar-refractivity contribution in [3.63, 3.8) is 0 Å². The monoisotopic (exact) mass is 323 g/mol. The van der Waals surface area contributed by atoms with Crippen LogP contribution in [-0.4, -0.2) is 17.4 Å². The molecule has 1 saturated carbocycles. The summed E-state index contributed by atoms with van der Waals surface area (Å²) in [7, 11) is 0. The molecule has 0 spiro atoms. The minimum Gasteiger partial charge on any atom is -0.383 e. The Bertz CT molecular complexity index is 634. The molecule has 1 amide bonds. The summed E-state index contributed by atoms with van der Waals surface area (Å²) < 4.78 is 0. The van der Waals surface area contributed by atoms with Crippen LogP contribution in [0.4, 0.5) is 11.5 Å². The molecule has 24 heavy (non-hydrogen) atoms. The normalized spacial score (nSPS) is 15.0. The Morgan fingerprint density at radius 2 is 1.83 bits per heavy atom. The van der Waals surface area contributed by atoms with E-state index >= 15 is 0 Å². The van der Waals surface area contributed by atoms with Gasteiger partial charge < -0.3 is 10.6 Å². The number of nitrogens with one attached hydrogen (secondary N) is 2. The third-order valence-corrected chi connectivity index (χ3v) is 4.58. The van der Waals surface area contributed by atoms with Crippen molar-refractivity contribution in [1.82, 2.24) is 4.98 Å². The molecule has 0 aliphatic heterocycles. The highest BCUT2D eigenvalue weighted by molar-refractivity contribution is 5.91. The quantitative estimate of drug-likeness (QED) is 0.835. The molecule has 0 unspecified atom stereocenters. The van der Waals surface area contributed by atoms with Gasteiger partial charge in [-0.3, -0.25) is 4.79 Å². The summed E-state index contributed by atoms with van der Waals surface area (Å²) in [6, 6.07) is 14.2. The van der Waals surface area contributed by atoms with E-state index in [0.717, 1.165) is 44.3 Å². The third kappa shape index (κ3) is 4.82. The number of carbonyl (C=O) groups excluding carboxylic acids is 1. The molecule has 2 N–H and O–H groups in total. The highest BCUT2D eigenvalue weighted by Crippen LogP contribution is 2.24. The Morgan fingerprint density at radius 3 is 2.54 bits per heavy atom. The molecule has 4 heteroatoms. The molecular weight excluding hydrogens is 298 g/mol. The highest BCUT2D eigenvalue weighted by atomic mass is 16.1. The van der Waals surface area contributed by atoms with Crippen LogP contribution in [0.3, 0.4) is 0 Å². The summed E-state index contributed by atoms with van der Waals surface area (Å²) >= 11 is 0. The lowest BCUT2D eigenvalue weighted by Gasteiger charge is -2.20. The maximum atomic E-state index is 12.2. The Hall–Kier alpha value is -2.36. The van der Waals surface area contributed by atoms with E-state index in [1.165, 1.54) is 12.0 Å². The van der Waals surface area contributed by atoms with Crippen LogP contribution in [0.2, 0.25) is 0 Å². The summed E-state index contributed by atoms with van der Waals surface area (Å²) in [6.07, 6.45) is 8.34. The van der Waals surface area contributed by atoms with Gasteiger partial charge in [0.1, 0.15) is 5.82 Å². The van der Waals surface area contributed by atoms with Crippen LogP contribution < -0.4 is 10.6 Å². The molecular formula is C20H25N3O. The molecule has 1 aromatic carbocycles. The highest BCUT2D eigenvalue weighted by Gasteiger charge is 2.21. The second kappa shape index (κ2) is 8.48. The van der Waals surface area contributed by atoms with Gasteiger partial charge in [-0.05, 0) is 37.0 Å². The van der Waals surface area contributed by atoms with Crippen LogP contribution in [0, 0.1) is 5.92 Å². The van der Waals surface area contributed by atoms with Crippen LogP contribution in [0.5, 0.6) is 0 Å². The molecule has 1 aliphatic rings. The van der Waals surface area contributed by atoms with Gasteiger partial charge in [-0.2, -0.15) is 0 Å². The average Bonchev–Trinajstić information content (AvgIpc) is 2.65. The first kappa shape index (κ1) is 16.5. The average molecular weight is 323 g/mol. The Balaban J connectivity index is 1.45. The molecule has 1 aromatic heterocycles. The van der Waals surface area contributed by atoms with E-state index in [1.807, 2.05) is 18.2 Å². The SMILES string of the molecule is O=C(Nc1ccc(NCCc2ccccc2)cn1)C1CCCCC1. The van der Waals surface area contributed by atoms with Crippen LogP contribution >= 0.6 is 0 Å². The molecule has 0 saturated heterocycles. The van der Waals surface area contributed by atoms with Crippen LogP contribution in [-0.2, 0) is 11.2 Å². The van der Waals surface area contributed by atoms with E-state index in [2.05, 4.69) is 39.9 Å². The number of benzene rings is 1. The molecule has 0 bridgehead atoms. The summed E-state index contributed by atoms with van der Waals surface area (Å²) in [5.74, 6) is 0.912. The fourth-order valence-electron chi connectivity index (χ4n) is 3.16. The number of hydrogen-bond donors (Lipinski definition) is 2. The van der Waals surface area contributed by atoms with Gasteiger partial charge in [0.2, 0.25) is 5.91 Å². The summed E-state index contributed by atoms with van der Waals surface area (Å²) in [5, 5.41) is 6.30. The summed E-state index contributed by atoms with van der Waals surface area (Å²) in [4.78, 5) is 16.6. The largest absolute Gasteiger partial charge is 0.383 e. The van der Waals surface area contributed by atoms with E-state index in [0.29, 0.717) is 5.82 Å². The summed E-state index contributed by atoms with van der Waals surface area (Å²) in [5.41, 5.74) is 2.29. The first-order valence-corrected chi connectivity index (χ1v) is 8.86. The summed E-state index contributed by atoms with van der Waals surface area (Å²) in [6.45, 7) is 0.861. The first-order valence-electron chi connectivity index (χ1n) is 8.86. The lowest BCUT2D eigenvalue weighted by molar-refractivity contribution is -0.120. The minimum absolute atomic E-state index is 0.118. The van der Waals surface area contributed by atoms with Crippen molar-refractivity contribution in [2.75, 3.05) is 17.2 Å². The van der Waals surface area contributed by atoms with E-state index in [9.17, 15) is 4.79 Å². The molecule has 2 aromatic rings. The molecule has 1 fully saturated rings. The number of amides is 1. The molecule has 126 valence electrons. The predicted octanol–water partition coefficient (Wildman–Crippen LogP) is 4.26. The van der Waals surface area contributed by atoms with Crippen molar-refractivity contribution in [2.45, 2.75) is 38.5 Å². The number of carbonyl (C=O) groups is 1. The molecule has 1 heterocycles. The van der Waals surface area contributed by atoms with E-state index in [1.54, 1.807) is 6.20 Å². The number of pyridine rings is 1. The van der Waals surface area contributed by atoms with Gasteiger partial charge >= 0.3 is 0 Å².